The highest BCUT2D eigenvalue weighted by molar-refractivity contribution is 7.89. The van der Waals surface area contributed by atoms with E-state index in [-0.39, 0.29) is 18.2 Å². The Labute approximate surface area is 129 Å². The Morgan fingerprint density at radius 2 is 2.05 bits per heavy atom. The minimum Gasteiger partial charge on any atom is -0.351 e. The molecule has 0 aliphatic carbocycles. The van der Waals surface area contributed by atoms with Crippen molar-refractivity contribution in [3.05, 3.63) is 36.3 Å². The fraction of sp³-hybridized carbons (Fsp3) is 0.429. The normalized spacial score (nSPS) is 16.2. The van der Waals surface area contributed by atoms with E-state index in [0.29, 0.717) is 18.7 Å². The van der Waals surface area contributed by atoms with Gasteiger partial charge in [0.15, 0.2) is 0 Å². The van der Waals surface area contributed by atoms with Crippen LogP contribution in [0.2, 0.25) is 0 Å². The van der Waals surface area contributed by atoms with E-state index in [4.69, 9.17) is 0 Å². The molecule has 1 saturated heterocycles. The molecular formula is C14H18N4O3S. The van der Waals surface area contributed by atoms with Gasteiger partial charge in [-0.15, -0.1) is 0 Å². The van der Waals surface area contributed by atoms with Crippen molar-refractivity contribution in [2.24, 2.45) is 0 Å². The van der Waals surface area contributed by atoms with Crippen molar-refractivity contribution in [2.75, 3.05) is 25.4 Å². The summed E-state index contributed by atoms with van der Waals surface area (Å²) in [7, 11) is -3.26. The average molecular weight is 322 g/mol. The highest BCUT2D eigenvalue weighted by Crippen LogP contribution is 2.12. The highest BCUT2D eigenvalue weighted by atomic mass is 32.2. The van der Waals surface area contributed by atoms with Gasteiger partial charge in [-0.1, -0.05) is 0 Å². The fourth-order valence-corrected chi connectivity index (χ4v) is 3.98. The van der Waals surface area contributed by atoms with Crippen LogP contribution in [0.15, 0.2) is 30.7 Å². The van der Waals surface area contributed by atoms with Gasteiger partial charge < -0.3 is 9.72 Å². The minimum absolute atomic E-state index is 0.0634. The second kappa shape index (κ2) is 6.05. The van der Waals surface area contributed by atoms with Crippen LogP contribution in [0.4, 0.5) is 0 Å². The van der Waals surface area contributed by atoms with Crippen molar-refractivity contribution >= 4 is 21.6 Å². The summed E-state index contributed by atoms with van der Waals surface area (Å²) in [6.45, 7) is 1.29. The molecule has 3 rings (SSSR count). The average Bonchev–Trinajstić information content (AvgIpc) is 3.17. The first kappa shape index (κ1) is 15.0. The zero-order valence-corrected chi connectivity index (χ0v) is 12.9. The lowest BCUT2D eigenvalue weighted by atomic mass is 10.2. The molecular weight excluding hydrogens is 304 g/mol. The number of pyridine rings is 1. The van der Waals surface area contributed by atoms with Crippen molar-refractivity contribution in [2.45, 2.75) is 12.8 Å². The van der Waals surface area contributed by atoms with Gasteiger partial charge in [0.1, 0.15) is 5.65 Å². The second-order valence-corrected chi connectivity index (χ2v) is 7.38. The number of nitrogens with one attached hydrogen (secondary N) is 1. The first-order valence-electron chi connectivity index (χ1n) is 7.25. The monoisotopic (exact) mass is 322 g/mol. The number of fused-ring (bicyclic) bond motifs is 1. The van der Waals surface area contributed by atoms with E-state index in [1.54, 1.807) is 35.1 Å². The quantitative estimate of drug-likeness (QED) is 0.868. The van der Waals surface area contributed by atoms with Crippen LogP contribution in [-0.4, -0.2) is 53.4 Å². The van der Waals surface area contributed by atoms with Crippen molar-refractivity contribution in [1.82, 2.24) is 19.0 Å². The number of hydrogen-bond acceptors (Lipinski definition) is 4. The third-order valence-corrected chi connectivity index (χ3v) is 5.63. The Hall–Kier alpha value is -1.93. The third kappa shape index (κ3) is 3.12. The summed E-state index contributed by atoms with van der Waals surface area (Å²) in [5.74, 6) is -0.348. The number of carbonyl (C=O) groups is 1. The lowest BCUT2D eigenvalue weighted by molar-refractivity contribution is 0.0955. The van der Waals surface area contributed by atoms with Crippen LogP contribution in [-0.2, 0) is 10.0 Å². The third-order valence-electron chi connectivity index (χ3n) is 3.75. The summed E-state index contributed by atoms with van der Waals surface area (Å²) >= 11 is 0. The molecule has 0 radical (unpaired) electrons. The van der Waals surface area contributed by atoms with Gasteiger partial charge in [-0.25, -0.2) is 17.7 Å². The van der Waals surface area contributed by atoms with E-state index in [1.807, 2.05) is 0 Å². The number of sulfonamides is 1. The van der Waals surface area contributed by atoms with Crippen LogP contribution in [0.25, 0.3) is 5.65 Å². The summed E-state index contributed by atoms with van der Waals surface area (Å²) in [6.07, 6.45) is 6.91. The minimum atomic E-state index is -3.26. The van der Waals surface area contributed by atoms with Gasteiger partial charge in [0.25, 0.3) is 5.91 Å². The lowest BCUT2D eigenvalue weighted by Gasteiger charge is -2.15. The fourth-order valence-electron chi connectivity index (χ4n) is 2.55. The predicted molar refractivity (Wildman–Crippen MR) is 82.1 cm³/mol. The molecule has 0 unspecified atom stereocenters. The van der Waals surface area contributed by atoms with Crippen molar-refractivity contribution < 1.29 is 13.2 Å². The van der Waals surface area contributed by atoms with Crippen molar-refractivity contribution in [3.8, 4) is 0 Å². The molecule has 0 saturated carbocycles. The molecule has 2 aromatic heterocycles. The molecule has 1 aliphatic rings. The van der Waals surface area contributed by atoms with Gasteiger partial charge in [0.05, 0.1) is 11.3 Å². The Kier molecular flexibility index (Phi) is 4.12. The highest BCUT2D eigenvalue weighted by Gasteiger charge is 2.24. The lowest BCUT2D eigenvalue weighted by Crippen LogP contribution is -2.36. The Morgan fingerprint density at radius 3 is 2.82 bits per heavy atom. The zero-order chi connectivity index (χ0) is 15.6. The van der Waals surface area contributed by atoms with Gasteiger partial charge in [0.2, 0.25) is 10.0 Å². The van der Waals surface area contributed by atoms with E-state index in [1.165, 1.54) is 4.31 Å². The maximum absolute atomic E-state index is 12.1. The van der Waals surface area contributed by atoms with Gasteiger partial charge >= 0.3 is 0 Å². The van der Waals surface area contributed by atoms with E-state index < -0.39 is 10.0 Å². The SMILES string of the molecule is O=C(NCCS(=O)(=O)N1CCCC1)c1ccc2nccn2c1. The van der Waals surface area contributed by atoms with Gasteiger partial charge in [-0.05, 0) is 25.0 Å². The molecule has 1 aliphatic heterocycles. The maximum Gasteiger partial charge on any atom is 0.252 e. The van der Waals surface area contributed by atoms with Crippen molar-refractivity contribution in [1.29, 1.82) is 0 Å². The van der Waals surface area contributed by atoms with E-state index in [0.717, 1.165) is 18.5 Å². The van der Waals surface area contributed by atoms with Crippen LogP contribution in [0.1, 0.15) is 23.2 Å². The summed E-state index contributed by atoms with van der Waals surface area (Å²) in [4.78, 5) is 16.2. The molecule has 1 N–H and O–H groups in total. The summed E-state index contributed by atoms with van der Waals surface area (Å²) < 4.78 is 27.3. The number of hydrogen-bond donors (Lipinski definition) is 1. The molecule has 0 aromatic carbocycles. The van der Waals surface area contributed by atoms with Crippen LogP contribution < -0.4 is 5.32 Å². The molecule has 7 nitrogen and oxygen atoms in total. The molecule has 3 heterocycles. The van der Waals surface area contributed by atoms with Crippen LogP contribution in [0, 0.1) is 0 Å². The molecule has 0 spiro atoms. The van der Waals surface area contributed by atoms with Gasteiger partial charge in [0, 0.05) is 38.2 Å². The maximum atomic E-state index is 12.1. The van der Waals surface area contributed by atoms with Crippen LogP contribution >= 0.6 is 0 Å². The molecule has 1 fully saturated rings. The standard InChI is InChI=1S/C14H18N4O3S/c19-14(12-3-4-13-15-5-9-17(13)11-12)16-6-10-22(20,21)18-7-1-2-8-18/h3-5,9,11H,1-2,6-8,10H2,(H,16,19). The second-order valence-electron chi connectivity index (χ2n) is 5.29. The summed E-state index contributed by atoms with van der Waals surface area (Å²) in [5.41, 5.74) is 1.23. The molecule has 22 heavy (non-hydrogen) atoms. The predicted octanol–water partition coefficient (Wildman–Crippen LogP) is 0.490. The summed E-state index contributed by atoms with van der Waals surface area (Å²) in [6, 6.07) is 3.42. The molecule has 2 aromatic rings. The van der Waals surface area contributed by atoms with Crippen molar-refractivity contribution in [3.63, 3.8) is 0 Å². The van der Waals surface area contributed by atoms with E-state index in [2.05, 4.69) is 10.3 Å². The largest absolute Gasteiger partial charge is 0.351 e. The number of aromatic nitrogens is 2. The molecule has 0 atom stereocenters. The molecule has 0 bridgehead atoms. The Morgan fingerprint density at radius 1 is 1.27 bits per heavy atom. The number of rotatable bonds is 5. The summed E-state index contributed by atoms with van der Waals surface area (Å²) in [5, 5.41) is 2.66. The number of carbonyl (C=O) groups excluding carboxylic acids is 1. The smallest absolute Gasteiger partial charge is 0.252 e. The molecule has 8 heteroatoms. The van der Waals surface area contributed by atoms with E-state index >= 15 is 0 Å². The zero-order valence-electron chi connectivity index (χ0n) is 12.1. The van der Waals surface area contributed by atoms with Gasteiger partial charge in [-0.2, -0.15) is 0 Å². The first-order valence-corrected chi connectivity index (χ1v) is 8.86. The number of imidazole rings is 1. The molecule has 118 valence electrons. The topological polar surface area (TPSA) is 83.8 Å². The molecule has 1 amide bonds. The van der Waals surface area contributed by atoms with Crippen LogP contribution in [0.3, 0.4) is 0 Å². The Balaban J connectivity index is 1.57. The van der Waals surface area contributed by atoms with E-state index in [9.17, 15) is 13.2 Å². The van der Waals surface area contributed by atoms with Gasteiger partial charge in [-0.3, -0.25) is 4.79 Å². The first-order chi connectivity index (χ1) is 10.6. The number of nitrogens with zero attached hydrogens (tertiary/aromatic N) is 3. The number of amides is 1. The van der Waals surface area contributed by atoms with Crippen LogP contribution in [0.5, 0.6) is 0 Å². The Bertz CT molecular complexity index is 778.